The SMILES string of the molecule is CCCCC.CCCCCC(CC(C)C)O[P+](=O)O. The van der Waals surface area contributed by atoms with Crippen LogP contribution >= 0.6 is 8.25 Å². The molecule has 4 heteroatoms. The van der Waals surface area contributed by atoms with E-state index in [1.54, 1.807) is 0 Å². The van der Waals surface area contributed by atoms with E-state index in [1.807, 2.05) is 0 Å². The lowest BCUT2D eigenvalue weighted by molar-refractivity contribution is 0.152. The van der Waals surface area contributed by atoms with Gasteiger partial charge in [0.1, 0.15) is 6.10 Å². The molecular formula is C15H34O3P+. The third-order valence-corrected chi connectivity index (χ3v) is 3.29. The molecule has 0 rings (SSSR count). The fourth-order valence-electron chi connectivity index (χ4n) is 1.84. The molecule has 0 radical (unpaired) electrons. The first kappa shape index (κ1) is 21.3. The van der Waals surface area contributed by atoms with Crippen LogP contribution in [-0.2, 0) is 9.09 Å². The summed E-state index contributed by atoms with van der Waals surface area (Å²) in [5, 5.41) is 0. The number of unbranched alkanes of at least 4 members (excludes halogenated alkanes) is 4. The van der Waals surface area contributed by atoms with Crippen LogP contribution in [0.1, 0.15) is 86.0 Å². The highest BCUT2D eigenvalue weighted by molar-refractivity contribution is 7.32. The monoisotopic (exact) mass is 293 g/mol. The second-order valence-corrected chi connectivity index (χ2v) is 6.13. The van der Waals surface area contributed by atoms with Crippen LogP contribution in [0, 0.1) is 5.92 Å². The van der Waals surface area contributed by atoms with E-state index in [-0.39, 0.29) is 6.10 Å². The Kier molecular flexibility index (Phi) is 18.0. The molecule has 0 fully saturated rings. The number of hydrogen-bond donors (Lipinski definition) is 1. The topological polar surface area (TPSA) is 46.5 Å². The summed E-state index contributed by atoms with van der Waals surface area (Å²) in [4.78, 5) is 8.68. The Morgan fingerprint density at radius 2 is 1.53 bits per heavy atom. The summed E-state index contributed by atoms with van der Waals surface area (Å²) in [7, 11) is -2.44. The van der Waals surface area contributed by atoms with Crippen molar-refractivity contribution in [2.75, 3.05) is 0 Å². The summed E-state index contributed by atoms with van der Waals surface area (Å²) in [5.41, 5.74) is 0. The molecule has 0 aromatic carbocycles. The maximum Gasteiger partial charge on any atom is 0.694 e. The van der Waals surface area contributed by atoms with Crippen molar-refractivity contribution in [1.82, 2.24) is 0 Å². The highest BCUT2D eigenvalue weighted by Crippen LogP contribution is 2.25. The summed E-state index contributed by atoms with van der Waals surface area (Å²) in [6, 6.07) is 0. The molecule has 3 nitrogen and oxygen atoms in total. The molecule has 0 aliphatic carbocycles. The Hall–Kier alpha value is 0.0200. The van der Waals surface area contributed by atoms with E-state index < -0.39 is 8.25 Å². The molecule has 0 saturated heterocycles. The van der Waals surface area contributed by atoms with Crippen molar-refractivity contribution in [1.29, 1.82) is 0 Å². The van der Waals surface area contributed by atoms with Crippen molar-refractivity contribution in [3.05, 3.63) is 0 Å². The molecule has 0 aliphatic heterocycles. The zero-order valence-corrected chi connectivity index (χ0v) is 14.4. The van der Waals surface area contributed by atoms with Gasteiger partial charge in [0.15, 0.2) is 0 Å². The standard InChI is InChI=1S/C10H21O3P.C5H12/c1-4-5-6-7-10(8-9(2)3)13-14(11)12;1-3-5-4-2/h9-10H,4-8H2,1-3H3;3-5H2,1-2H3/p+1. The van der Waals surface area contributed by atoms with Gasteiger partial charge in [-0.2, -0.15) is 0 Å². The molecule has 0 amide bonds. The molecule has 0 saturated carbocycles. The molecule has 2 atom stereocenters. The molecule has 0 spiro atoms. The molecule has 2 unspecified atom stereocenters. The highest BCUT2D eigenvalue weighted by Gasteiger charge is 2.23. The van der Waals surface area contributed by atoms with E-state index in [0.29, 0.717) is 5.92 Å². The molecule has 116 valence electrons. The predicted octanol–water partition coefficient (Wildman–Crippen LogP) is 5.84. The molecule has 19 heavy (non-hydrogen) atoms. The minimum absolute atomic E-state index is 0.0461. The molecular weight excluding hydrogens is 259 g/mol. The summed E-state index contributed by atoms with van der Waals surface area (Å²) in [6.45, 7) is 10.8. The third-order valence-electron chi connectivity index (χ3n) is 2.81. The first-order chi connectivity index (χ1) is 8.97. The van der Waals surface area contributed by atoms with Crippen LogP contribution < -0.4 is 0 Å². The van der Waals surface area contributed by atoms with Gasteiger partial charge in [0, 0.05) is 4.57 Å². The minimum atomic E-state index is -2.44. The quantitative estimate of drug-likeness (QED) is 0.406. The van der Waals surface area contributed by atoms with Gasteiger partial charge >= 0.3 is 8.25 Å². The Bertz CT molecular complexity index is 194. The Morgan fingerprint density at radius 1 is 1.00 bits per heavy atom. The Morgan fingerprint density at radius 3 is 1.84 bits per heavy atom. The smallest absolute Gasteiger partial charge is 0.133 e. The zero-order valence-electron chi connectivity index (χ0n) is 13.5. The second kappa shape index (κ2) is 16.1. The molecule has 0 aromatic rings. The molecule has 0 aromatic heterocycles. The lowest BCUT2D eigenvalue weighted by atomic mass is 10.0. The Balaban J connectivity index is 0. The van der Waals surface area contributed by atoms with Gasteiger partial charge in [-0.05, 0) is 18.8 Å². The van der Waals surface area contributed by atoms with Crippen molar-refractivity contribution < 1.29 is 14.0 Å². The number of hydrogen-bond acceptors (Lipinski definition) is 2. The van der Waals surface area contributed by atoms with Crippen LogP contribution in [0.15, 0.2) is 0 Å². The fourth-order valence-corrected chi connectivity index (χ4v) is 2.29. The maximum absolute atomic E-state index is 10.5. The van der Waals surface area contributed by atoms with Crippen molar-refractivity contribution in [2.24, 2.45) is 5.92 Å². The largest absolute Gasteiger partial charge is 0.694 e. The Labute approximate surface area is 121 Å². The maximum atomic E-state index is 10.5. The van der Waals surface area contributed by atoms with Gasteiger partial charge in [0.05, 0.1) is 0 Å². The third kappa shape index (κ3) is 20.5. The normalized spacial score (nSPS) is 12.9. The van der Waals surface area contributed by atoms with Crippen LogP contribution in [-0.4, -0.2) is 11.0 Å². The van der Waals surface area contributed by atoms with E-state index in [2.05, 4.69) is 34.6 Å². The van der Waals surface area contributed by atoms with Gasteiger partial charge in [-0.25, -0.2) is 0 Å². The van der Waals surface area contributed by atoms with Crippen molar-refractivity contribution in [2.45, 2.75) is 92.1 Å². The van der Waals surface area contributed by atoms with Crippen LogP contribution in [0.4, 0.5) is 0 Å². The predicted molar refractivity (Wildman–Crippen MR) is 83.5 cm³/mol. The molecule has 1 N–H and O–H groups in total. The van der Waals surface area contributed by atoms with E-state index in [9.17, 15) is 4.57 Å². The summed E-state index contributed by atoms with van der Waals surface area (Å²) in [5.74, 6) is 0.511. The van der Waals surface area contributed by atoms with Gasteiger partial charge in [0.25, 0.3) is 0 Å². The number of rotatable bonds is 10. The lowest BCUT2D eigenvalue weighted by Crippen LogP contribution is -2.12. The highest BCUT2D eigenvalue weighted by atomic mass is 31.1. The average molecular weight is 293 g/mol. The first-order valence-electron chi connectivity index (χ1n) is 7.80. The summed E-state index contributed by atoms with van der Waals surface area (Å²) in [6.07, 6.45) is 9.21. The van der Waals surface area contributed by atoms with E-state index in [1.165, 1.54) is 32.1 Å². The molecule has 0 bridgehead atoms. The summed E-state index contributed by atoms with van der Waals surface area (Å²) < 4.78 is 15.5. The van der Waals surface area contributed by atoms with Gasteiger partial charge in [0.2, 0.25) is 0 Å². The second-order valence-electron chi connectivity index (χ2n) is 5.44. The van der Waals surface area contributed by atoms with Crippen LogP contribution in [0.3, 0.4) is 0 Å². The van der Waals surface area contributed by atoms with Crippen LogP contribution in [0.2, 0.25) is 0 Å². The van der Waals surface area contributed by atoms with Crippen molar-refractivity contribution in [3.63, 3.8) is 0 Å². The average Bonchev–Trinajstić information content (AvgIpc) is 2.29. The minimum Gasteiger partial charge on any atom is -0.133 e. The van der Waals surface area contributed by atoms with E-state index in [0.717, 1.165) is 19.3 Å². The first-order valence-corrected chi connectivity index (χ1v) is 8.93. The fraction of sp³-hybridized carbons (Fsp3) is 1.00. The van der Waals surface area contributed by atoms with Crippen molar-refractivity contribution >= 4 is 8.25 Å². The molecule has 0 aliphatic rings. The van der Waals surface area contributed by atoms with Crippen LogP contribution in [0.25, 0.3) is 0 Å². The van der Waals surface area contributed by atoms with Gasteiger partial charge in [-0.1, -0.05) is 73.1 Å². The van der Waals surface area contributed by atoms with Gasteiger partial charge in [-0.3, -0.25) is 0 Å². The molecule has 0 heterocycles. The van der Waals surface area contributed by atoms with Gasteiger partial charge in [-0.15, -0.1) is 9.42 Å². The zero-order chi connectivity index (χ0) is 15.1. The summed E-state index contributed by atoms with van der Waals surface area (Å²) >= 11 is 0. The van der Waals surface area contributed by atoms with Gasteiger partial charge < -0.3 is 0 Å². The van der Waals surface area contributed by atoms with Crippen LogP contribution in [0.5, 0.6) is 0 Å². The van der Waals surface area contributed by atoms with E-state index in [4.69, 9.17) is 9.42 Å². The van der Waals surface area contributed by atoms with Crippen molar-refractivity contribution in [3.8, 4) is 0 Å². The van der Waals surface area contributed by atoms with E-state index >= 15 is 0 Å². The lowest BCUT2D eigenvalue weighted by Gasteiger charge is -2.12.